The first-order valence-corrected chi connectivity index (χ1v) is 10.4. The molecule has 0 bridgehead atoms. The minimum Gasteiger partial charge on any atom is -0.497 e. The third kappa shape index (κ3) is 3.07. The quantitative estimate of drug-likeness (QED) is 0.655. The molecule has 3 aliphatic rings. The lowest BCUT2D eigenvalue weighted by Gasteiger charge is -2.28. The highest BCUT2D eigenvalue weighted by Crippen LogP contribution is 2.54. The molecule has 2 aromatic carbocycles. The molecule has 4 atom stereocenters. The third-order valence-corrected chi connectivity index (χ3v) is 6.63. The zero-order valence-corrected chi connectivity index (χ0v) is 16.4. The Labute approximate surface area is 166 Å². The van der Waals surface area contributed by atoms with E-state index < -0.39 is 0 Å². The van der Waals surface area contributed by atoms with Crippen LogP contribution in [0, 0.1) is 5.92 Å². The second kappa shape index (κ2) is 6.96. The van der Waals surface area contributed by atoms with Gasteiger partial charge in [0.05, 0.1) is 24.9 Å². The monoisotopic (exact) mass is 380 g/mol. The van der Waals surface area contributed by atoms with Crippen molar-refractivity contribution in [1.29, 1.82) is 0 Å². The van der Waals surface area contributed by atoms with E-state index in [9.17, 15) is 0 Å². The van der Waals surface area contributed by atoms with Gasteiger partial charge in [0.2, 0.25) is 0 Å². The molecular weight excluding hydrogens is 356 g/mol. The van der Waals surface area contributed by atoms with Crippen LogP contribution in [0.1, 0.15) is 49.3 Å². The van der Waals surface area contributed by atoms with Crippen LogP contribution in [0.4, 0.5) is 0 Å². The lowest BCUT2D eigenvalue weighted by atomic mass is 9.87. The first-order chi connectivity index (χ1) is 13.3. The Bertz CT molecular complexity index is 840. The number of hydrogen-bond acceptors (Lipinski definition) is 3. The smallest absolute Gasteiger partial charge is 0.118 e. The molecule has 0 N–H and O–H groups in total. The molecule has 4 unspecified atom stereocenters. The number of methoxy groups -OCH3 is 1. The molecule has 1 saturated carbocycles. The van der Waals surface area contributed by atoms with Crippen molar-refractivity contribution in [3.8, 4) is 5.75 Å². The molecule has 3 nitrogen and oxygen atoms in total. The molecule has 2 aliphatic heterocycles. The van der Waals surface area contributed by atoms with E-state index in [0.29, 0.717) is 24.2 Å². The number of benzene rings is 2. The van der Waals surface area contributed by atoms with Crippen LogP contribution >= 0.6 is 11.6 Å². The standard InChI is InChI=1S/C23H25ClN2O/c1-27-19-13-9-16(10-14-19)21-22-20(15-7-11-18(24)12-8-15)25-23(26(21)22)17-5-3-2-4-6-17/h7-14,17,21-23H,2-6H2,1H3. The van der Waals surface area contributed by atoms with E-state index in [1.54, 1.807) is 7.11 Å². The minimum absolute atomic E-state index is 0.327. The molecule has 2 aromatic rings. The van der Waals surface area contributed by atoms with Gasteiger partial charge in [0.15, 0.2) is 0 Å². The van der Waals surface area contributed by atoms with Gasteiger partial charge >= 0.3 is 0 Å². The van der Waals surface area contributed by atoms with Crippen LogP contribution in [-0.2, 0) is 0 Å². The van der Waals surface area contributed by atoms with Crippen molar-refractivity contribution in [1.82, 2.24) is 4.90 Å². The molecule has 140 valence electrons. The first kappa shape index (κ1) is 17.3. The summed E-state index contributed by atoms with van der Waals surface area (Å²) in [5.74, 6) is 1.60. The van der Waals surface area contributed by atoms with Crippen molar-refractivity contribution < 1.29 is 4.74 Å². The lowest BCUT2D eigenvalue weighted by Crippen LogP contribution is -2.27. The van der Waals surface area contributed by atoms with Crippen molar-refractivity contribution in [3.05, 3.63) is 64.7 Å². The summed E-state index contributed by atoms with van der Waals surface area (Å²) in [4.78, 5) is 7.85. The number of halogens is 1. The fourth-order valence-electron chi connectivity index (χ4n) is 4.96. The highest BCUT2D eigenvalue weighted by atomic mass is 35.5. The highest BCUT2D eigenvalue weighted by Gasteiger charge is 2.60. The molecule has 2 heterocycles. The largest absolute Gasteiger partial charge is 0.497 e. The molecule has 1 saturated heterocycles. The lowest BCUT2D eigenvalue weighted by molar-refractivity contribution is 0.219. The number of fused-ring (bicyclic) bond motifs is 1. The van der Waals surface area contributed by atoms with E-state index in [1.165, 1.54) is 48.9 Å². The van der Waals surface area contributed by atoms with Gasteiger partial charge in [-0.1, -0.05) is 55.1 Å². The van der Waals surface area contributed by atoms with Crippen LogP contribution in [0.3, 0.4) is 0 Å². The summed E-state index contributed by atoms with van der Waals surface area (Å²) in [5, 5.41) is 0.778. The van der Waals surface area contributed by atoms with Crippen molar-refractivity contribution in [2.45, 2.75) is 50.4 Å². The Kier molecular flexibility index (Phi) is 4.45. The van der Waals surface area contributed by atoms with Crippen molar-refractivity contribution in [3.63, 3.8) is 0 Å². The van der Waals surface area contributed by atoms with Crippen molar-refractivity contribution in [2.24, 2.45) is 10.9 Å². The first-order valence-electron chi connectivity index (χ1n) is 10.0. The van der Waals surface area contributed by atoms with E-state index in [2.05, 4.69) is 41.3 Å². The van der Waals surface area contributed by atoms with Crippen molar-refractivity contribution in [2.75, 3.05) is 7.11 Å². The number of ether oxygens (including phenoxy) is 1. The van der Waals surface area contributed by atoms with E-state index >= 15 is 0 Å². The predicted molar refractivity (Wildman–Crippen MR) is 110 cm³/mol. The van der Waals surface area contributed by atoms with Crippen LogP contribution < -0.4 is 4.74 Å². The van der Waals surface area contributed by atoms with Gasteiger partial charge in [-0.3, -0.25) is 9.89 Å². The van der Waals surface area contributed by atoms with Gasteiger partial charge < -0.3 is 4.74 Å². The Balaban J connectivity index is 1.47. The average molecular weight is 381 g/mol. The van der Waals surface area contributed by atoms with Crippen LogP contribution in [0.25, 0.3) is 0 Å². The molecule has 4 heteroatoms. The molecular formula is C23H25ClN2O. The summed E-state index contributed by atoms with van der Waals surface area (Å²) < 4.78 is 5.33. The maximum Gasteiger partial charge on any atom is 0.118 e. The Hall–Kier alpha value is -1.84. The van der Waals surface area contributed by atoms with E-state index in [4.69, 9.17) is 21.3 Å². The fraction of sp³-hybridized carbons (Fsp3) is 0.435. The normalized spacial score (nSPS) is 29.9. The van der Waals surface area contributed by atoms with Crippen LogP contribution in [-0.4, -0.2) is 29.9 Å². The van der Waals surface area contributed by atoms with Gasteiger partial charge in [-0.2, -0.15) is 0 Å². The average Bonchev–Trinajstić information content (AvgIpc) is 3.33. The maximum atomic E-state index is 6.11. The summed E-state index contributed by atoms with van der Waals surface area (Å²) >= 11 is 6.11. The van der Waals surface area contributed by atoms with Gasteiger partial charge in [0.25, 0.3) is 0 Å². The zero-order valence-electron chi connectivity index (χ0n) is 15.6. The molecule has 27 heavy (non-hydrogen) atoms. The van der Waals surface area contributed by atoms with Gasteiger partial charge in [0, 0.05) is 5.02 Å². The SMILES string of the molecule is COc1ccc(C2C3C(c4ccc(Cl)cc4)=NC(C4CCCCC4)N32)cc1. The third-order valence-electron chi connectivity index (χ3n) is 6.38. The van der Waals surface area contributed by atoms with E-state index in [1.807, 2.05) is 12.1 Å². The van der Waals surface area contributed by atoms with Crippen LogP contribution in [0.2, 0.25) is 5.02 Å². The van der Waals surface area contributed by atoms with Crippen LogP contribution in [0.15, 0.2) is 53.5 Å². The number of rotatable bonds is 4. The minimum atomic E-state index is 0.327. The molecule has 2 fully saturated rings. The van der Waals surface area contributed by atoms with Gasteiger partial charge in [0.1, 0.15) is 11.9 Å². The van der Waals surface area contributed by atoms with E-state index in [-0.39, 0.29) is 0 Å². The van der Waals surface area contributed by atoms with Gasteiger partial charge in [-0.05, 0) is 54.2 Å². The summed E-state index contributed by atoms with van der Waals surface area (Å²) in [6.45, 7) is 0. The second-order valence-corrected chi connectivity index (χ2v) is 8.38. The predicted octanol–water partition coefficient (Wildman–Crippen LogP) is 5.48. The second-order valence-electron chi connectivity index (χ2n) is 7.94. The fourth-order valence-corrected chi connectivity index (χ4v) is 5.08. The Morgan fingerprint density at radius 1 is 0.926 bits per heavy atom. The van der Waals surface area contributed by atoms with Crippen molar-refractivity contribution >= 4 is 17.3 Å². The summed E-state index contributed by atoms with van der Waals surface area (Å²) in [5.41, 5.74) is 3.81. The number of nitrogens with zero attached hydrogens (tertiary/aromatic N) is 2. The highest BCUT2D eigenvalue weighted by molar-refractivity contribution is 6.30. The van der Waals surface area contributed by atoms with Gasteiger partial charge in [-0.15, -0.1) is 0 Å². The molecule has 5 rings (SSSR count). The Morgan fingerprint density at radius 3 is 2.30 bits per heavy atom. The van der Waals surface area contributed by atoms with Crippen LogP contribution in [0.5, 0.6) is 5.75 Å². The summed E-state index contributed by atoms with van der Waals surface area (Å²) in [6.07, 6.45) is 7.01. The Morgan fingerprint density at radius 2 is 1.63 bits per heavy atom. The summed E-state index contributed by atoms with van der Waals surface area (Å²) in [7, 11) is 1.72. The molecule has 0 amide bonds. The summed E-state index contributed by atoms with van der Waals surface area (Å²) in [6, 6.07) is 17.6. The molecule has 0 aromatic heterocycles. The number of aliphatic imine (C=N–C) groups is 1. The topological polar surface area (TPSA) is 24.6 Å². The molecule has 0 spiro atoms. The number of hydrogen-bond donors (Lipinski definition) is 0. The molecule has 1 aliphatic carbocycles. The van der Waals surface area contributed by atoms with E-state index in [0.717, 1.165) is 10.8 Å². The molecule has 0 radical (unpaired) electrons. The zero-order chi connectivity index (χ0) is 18.4. The van der Waals surface area contributed by atoms with Gasteiger partial charge in [-0.25, -0.2) is 0 Å². The maximum absolute atomic E-state index is 6.11.